The quantitative estimate of drug-likeness (QED) is 0.906. The molecule has 0 unspecified atom stereocenters. The highest BCUT2D eigenvalue weighted by Crippen LogP contribution is 2.26. The second-order valence-electron chi connectivity index (χ2n) is 6.44. The molecular formula is C18H25FN2O2. The van der Waals surface area contributed by atoms with Crippen molar-refractivity contribution in [2.24, 2.45) is 5.92 Å². The molecule has 5 heteroatoms. The summed E-state index contributed by atoms with van der Waals surface area (Å²) < 4.78 is 18.6. The van der Waals surface area contributed by atoms with Gasteiger partial charge in [-0.3, -0.25) is 9.69 Å². The summed E-state index contributed by atoms with van der Waals surface area (Å²) in [5.74, 6) is 0.112. The van der Waals surface area contributed by atoms with Crippen LogP contribution in [0.5, 0.6) is 0 Å². The Bertz CT molecular complexity index is 508. The topological polar surface area (TPSA) is 41.6 Å². The molecular weight excluding hydrogens is 295 g/mol. The molecule has 0 aromatic heterocycles. The van der Waals surface area contributed by atoms with Crippen LogP contribution in [0.3, 0.4) is 0 Å². The normalized spacial score (nSPS) is 21.3. The van der Waals surface area contributed by atoms with Crippen LogP contribution in [-0.2, 0) is 9.53 Å². The number of nitrogens with zero attached hydrogens (tertiary/aromatic N) is 1. The maximum Gasteiger partial charge on any atom is 0.223 e. The highest BCUT2D eigenvalue weighted by molar-refractivity contribution is 5.78. The van der Waals surface area contributed by atoms with Gasteiger partial charge in [0.1, 0.15) is 5.82 Å². The SMILES string of the molecule is O=C(NC[C@@H](c1ccc(F)cc1)N1CCOCC1)C1CCCC1. The number of carbonyl (C=O) groups excluding carboxylic acids is 1. The number of hydrogen-bond donors (Lipinski definition) is 1. The third-order valence-electron chi connectivity index (χ3n) is 4.94. The molecule has 4 nitrogen and oxygen atoms in total. The molecule has 1 N–H and O–H groups in total. The molecule has 1 amide bonds. The van der Waals surface area contributed by atoms with E-state index in [-0.39, 0.29) is 23.7 Å². The van der Waals surface area contributed by atoms with Crippen LogP contribution in [0.25, 0.3) is 0 Å². The summed E-state index contributed by atoms with van der Waals surface area (Å²) in [6.07, 6.45) is 4.32. The number of halogens is 1. The molecule has 2 fully saturated rings. The summed E-state index contributed by atoms with van der Waals surface area (Å²) in [7, 11) is 0. The molecule has 126 valence electrons. The van der Waals surface area contributed by atoms with Crippen LogP contribution in [0.2, 0.25) is 0 Å². The van der Waals surface area contributed by atoms with Gasteiger partial charge in [0.25, 0.3) is 0 Å². The minimum absolute atomic E-state index is 0.0739. The Balaban J connectivity index is 1.66. The van der Waals surface area contributed by atoms with Gasteiger partial charge in [-0.25, -0.2) is 4.39 Å². The first-order valence-corrected chi connectivity index (χ1v) is 8.59. The Kier molecular flexibility index (Phi) is 5.62. The van der Waals surface area contributed by atoms with Gasteiger partial charge >= 0.3 is 0 Å². The fourth-order valence-electron chi connectivity index (χ4n) is 3.56. The van der Waals surface area contributed by atoms with Gasteiger partial charge in [0.2, 0.25) is 5.91 Å². The van der Waals surface area contributed by atoms with Gasteiger partial charge in [-0.15, -0.1) is 0 Å². The summed E-state index contributed by atoms with van der Waals surface area (Å²) in [5.41, 5.74) is 1.04. The second kappa shape index (κ2) is 7.88. The molecule has 23 heavy (non-hydrogen) atoms. The fourth-order valence-corrected chi connectivity index (χ4v) is 3.56. The number of rotatable bonds is 5. The van der Waals surface area contributed by atoms with Crippen LogP contribution in [-0.4, -0.2) is 43.7 Å². The maximum absolute atomic E-state index is 13.2. The molecule has 1 atom stereocenters. The summed E-state index contributed by atoms with van der Waals surface area (Å²) >= 11 is 0. The maximum atomic E-state index is 13.2. The van der Waals surface area contributed by atoms with Gasteiger partial charge in [-0.2, -0.15) is 0 Å². The van der Waals surface area contributed by atoms with E-state index in [9.17, 15) is 9.18 Å². The van der Waals surface area contributed by atoms with Crippen molar-refractivity contribution in [2.75, 3.05) is 32.8 Å². The third-order valence-corrected chi connectivity index (χ3v) is 4.94. The smallest absolute Gasteiger partial charge is 0.223 e. The lowest BCUT2D eigenvalue weighted by Crippen LogP contribution is -2.44. The van der Waals surface area contributed by atoms with E-state index in [1.165, 1.54) is 12.1 Å². The Morgan fingerprint density at radius 2 is 1.87 bits per heavy atom. The van der Waals surface area contributed by atoms with Crippen LogP contribution < -0.4 is 5.32 Å². The molecule has 1 aromatic carbocycles. The van der Waals surface area contributed by atoms with E-state index in [0.29, 0.717) is 19.8 Å². The number of benzene rings is 1. The van der Waals surface area contributed by atoms with Gasteiger partial charge in [0.15, 0.2) is 0 Å². The average molecular weight is 320 g/mol. The zero-order chi connectivity index (χ0) is 16.1. The predicted molar refractivity (Wildman–Crippen MR) is 86.5 cm³/mol. The standard InChI is InChI=1S/C18H25FN2O2/c19-16-7-5-14(6-8-16)17(21-9-11-23-12-10-21)13-20-18(22)15-3-1-2-4-15/h5-8,15,17H,1-4,9-13H2,(H,20,22)/t17-/m0/s1. The van der Waals surface area contributed by atoms with E-state index < -0.39 is 0 Å². The molecule has 0 spiro atoms. The molecule has 1 saturated heterocycles. The van der Waals surface area contributed by atoms with Gasteiger partial charge < -0.3 is 10.1 Å². The minimum Gasteiger partial charge on any atom is -0.379 e. The predicted octanol–water partition coefficient (Wildman–Crippen LogP) is 2.51. The van der Waals surface area contributed by atoms with Crippen molar-refractivity contribution in [3.8, 4) is 0 Å². The molecule has 3 rings (SSSR count). The molecule has 1 saturated carbocycles. The molecule has 0 radical (unpaired) electrons. The van der Waals surface area contributed by atoms with Gasteiger partial charge in [0, 0.05) is 25.6 Å². The average Bonchev–Trinajstić information content (AvgIpc) is 3.12. The van der Waals surface area contributed by atoms with E-state index in [0.717, 1.165) is 44.3 Å². The van der Waals surface area contributed by atoms with Crippen LogP contribution in [0.15, 0.2) is 24.3 Å². The van der Waals surface area contributed by atoms with Gasteiger partial charge in [-0.1, -0.05) is 25.0 Å². The Hall–Kier alpha value is -1.46. The first kappa shape index (κ1) is 16.4. The summed E-state index contributed by atoms with van der Waals surface area (Å²) in [6.45, 7) is 3.65. The first-order valence-electron chi connectivity index (χ1n) is 8.59. The highest BCUT2D eigenvalue weighted by Gasteiger charge is 2.26. The lowest BCUT2D eigenvalue weighted by atomic mass is 10.0. The molecule has 0 bridgehead atoms. The fraction of sp³-hybridized carbons (Fsp3) is 0.611. The van der Waals surface area contributed by atoms with Crippen LogP contribution in [0.1, 0.15) is 37.3 Å². The van der Waals surface area contributed by atoms with E-state index in [1.54, 1.807) is 0 Å². The second-order valence-corrected chi connectivity index (χ2v) is 6.44. The monoisotopic (exact) mass is 320 g/mol. The van der Waals surface area contributed by atoms with Crippen LogP contribution >= 0.6 is 0 Å². The van der Waals surface area contributed by atoms with E-state index in [1.807, 2.05) is 12.1 Å². The Morgan fingerprint density at radius 1 is 1.22 bits per heavy atom. The van der Waals surface area contributed by atoms with E-state index in [4.69, 9.17) is 4.74 Å². The van der Waals surface area contributed by atoms with Crippen LogP contribution in [0, 0.1) is 11.7 Å². The summed E-state index contributed by atoms with van der Waals surface area (Å²) in [4.78, 5) is 14.6. The lowest BCUT2D eigenvalue weighted by Gasteiger charge is -2.35. The molecule has 1 heterocycles. The third kappa shape index (κ3) is 4.30. The summed E-state index contributed by atoms with van der Waals surface area (Å²) in [6, 6.07) is 6.68. The van der Waals surface area contributed by atoms with Crippen molar-refractivity contribution in [2.45, 2.75) is 31.7 Å². The lowest BCUT2D eigenvalue weighted by molar-refractivity contribution is -0.125. The number of amides is 1. The summed E-state index contributed by atoms with van der Waals surface area (Å²) in [5, 5.41) is 3.12. The van der Waals surface area contributed by atoms with Crippen molar-refractivity contribution in [1.82, 2.24) is 10.2 Å². The van der Waals surface area contributed by atoms with Gasteiger partial charge in [-0.05, 0) is 30.5 Å². The van der Waals surface area contributed by atoms with Crippen LogP contribution in [0.4, 0.5) is 4.39 Å². The largest absolute Gasteiger partial charge is 0.379 e. The Labute approximate surface area is 137 Å². The van der Waals surface area contributed by atoms with E-state index >= 15 is 0 Å². The van der Waals surface area contributed by atoms with Crippen molar-refractivity contribution in [3.63, 3.8) is 0 Å². The molecule has 1 aromatic rings. The van der Waals surface area contributed by atoms with Crippen molar-refractivity contribution in [1.29, 1.82) is 0 Å². The van der Waals surface area contributed by atoms with Crippen molar-refractivity contribution < 1.29 is 13.9 Å². The Morgan fingerprint density at radius 3 is 2.52 bits per heavy atom. The molecule has 2 aliphatic rings. The number of nitrogens with one attached hydrogen (secondary N) is 1. The van der Waals surface area contributed by atoms with E-state index in [2.05, 4.69) is 10.2 Å². The minimum atomic E-state index is -0.232. The van der Waals surface area contributed by atoms with Gasteiger partial charge in [0.05, 0.1) is 19.3 Å². The van der Waals surface area contributed by atoms with Crippen molar-refractivity contribution in [3.05, 3.63) is 35.6 Å². The number of carbonyl (C=O) groups is 1. The zero-order valence-corrected chi connectivity index (χ0v) is 13.5. The molecule has 1 aliphatic carbocycles. The van der Waals surface area contributed by atoms with Crippen molar-refractivity contribution >= 4 is 5.91 Å². The number of morpholine rings is 1. The number of hydrogen-bond acceptors (Lipinski definition) is 3. The number of ether oxygens (including phenoxy) is 1. The molecule has 1 aliphatic heterocycles. The first-order chi connectivity index (χ1) is 11.2. The highest BCUT2D eigenvalue weighted by atomic mass is 19.1. The zero-order valence-electron chi connectivity index (χ0n) is 13.5.